The molecule has 1 N–H and O–H groups in total. The largest absolute Gasteiger partial charge is 0.344 e. The third kappa shape index (κ3) is 3.72. The van der Waals surface area contributed by atoms with Gasteiger partial charge >= 0.3 is 0 Å². The predicted molar refractivity (Wildman–Crippen MR) is 81.9 cm³/mol. The Morgan fingerprint density at radius 1 is 1.48 bits per heavy atom. The van der Waals surface area contributed by atoms with Gasteiger partial charge in [0.25, 0.3) is 0 Å². The highest BCUT2D eigenvalue weighted by atomic mass is 35.5. The number of carbonyl (C=O) groups is 1. The van der Waals surface area contributed by atoms with Crippen LogP contribution in [0.15, 0.2) is 35.4 Å². The van der Waals surface area contributed by atoms with Crippen LogP contribution < -0.4 is 5.32 Å². The van der Waals surface area contributed by atoms with Gasteiger partial charge in [0, 0.05) is 18.0 Å². The molecule has 3 aromatic rings. The van der Waals surface area contributed by atoms with Crippen LogP contribution in [0.25, 0.3) is 0 Å². The first-order chi connectivity index (χ1) is 11.1. The van der Waals surface area contributed by atoms with E-state index >= 15 is 0 Å². The van der Waals surface area contributed by atoms with Gasteiger partial charge in [-0.05, 0) is 30.2 Å². The minimum Gasteiger partial charge on any atom is -0.344 e. The molecule has 23 heavy (non-hydrogen) atoms. The van der Waals surface area contributed by atoms with Gasteiger partial charge in [-0.1, -0.05) is 11.2 Å². The Hall–Kier alpha value is -2.74. The van der Waals surface area contributed by atoms with Crippen LogP contribution in [0.4, 0.5) is 5.95 Å². The van der Waals surface area contributed by atoms with Crippen molar-refractivity contribution in [2.45, 2.75) is 19.9 Å². The Balaban J connectivity index is 1.61. The molecule has 0 fully saturated rings. The summed E-state index contributed by atoms with van der Waals surface area (Å²) in [5.74, 6) is -0.0681. The van der Waals surface area contributed by atoms with Crippen molar-refractivity contribution < 1.29 is 9.32 Å². The molecule has 0 saturated carbocycles. The molecule has 0 spiro atoms. The molecule has 0 unspecified atom stereocenters. The molecule has 3 aromatic heterocycles. The quantitative estimate of drug-likeness (QED) is 0.765. The van der Waals surface area contributed by atoms with Crippen LogP contribution in [0.2, 0.25) is 5.22 Å². The van der Waals surface area contributed by atoms with E-state index in [9.17, 15) is 4.79 Å². The van der Waals surface area contributed by atoms with Crippen molar-refractivity contribution in [1.29, 1.82) is 0 Å². The van der Waals surface area contributed by atoms with E-state index in [0.717, 1.165) is 5.56 Å². The van der Waals surface area contributed by atoms with Gasteiger partial charge in [-0.2, -0.15) is 0 Å². The topological polar surface area (TPSA) is 98.7 Å². The first kappa shape index (κ1) is 15.2. The van der Waals surface area contributed by atoms with Crippen LogP contribution in [-0.4, -0.2) is 30.8 Å². The summed E-state index contributed by atoms with van der Waals surface area (Å²) in [4.78, 5) is 20.1. The van der Waals surface area contributed by atoms with Gasteiger partial charge < -0.3 is 4.52 Å². The van der Waals surface area contributed by atoms with E-state index in [-0.39, 0.29) is 23.5 Å². The molecular weight excluding hydrogens is 320 g/mol. The molecule has 1 amide bonds. The molecule has 0 bridgehead atoms. The Morgan fingerprint density at radius 2 is 2.35 bits per heavy atom. The molecule has 118 valence electrons. The number of hydrogen-bond donors (Lipinski definition) is 1. The van der Waals surface area contributed by atoms with Crippen LogP contribution in [-0.2, 0) is 17.8 Å². The maximum absolute atomic E-state index is 12.0. The molecule has 8 nitrogen and oxygen atoms in total. The number of amides is 1. The Kier molecular flexibility index (Phi) is 4.33. The number of halogens is 1. The molecule has 3 heterocycles. The molecular formula is C14H13ClN6O2. The van der Waals surface area contributed by atoms with E-state index in [1.165, 1.54) is 0 Å². The lowest BCUT2D eigenvalue weighted by Gasteiger charge is -2.01. The zero-order chi connectivity index (χ0) is 16.2. The van der Waals surface area contributed by atoms with Crippen molar-refractivity contribution in [3.63, 3.8) is 0 Å². The second-order valence-corrected chi connectivity index (χ2v) is 5.22. The lowest BCUT2D eigenvalue weighted by Crippen LogP contribution is -2.16. The molecule has 3 rings (SSSR count). The lowest BCUT2D eigenvalue weighted by atomic mass is 10.2. The fourth-order valence-electron chi connectivity index (χ4n) is 1.99. The SMILES string of the molecule is Cc1noc(Cl)c1CC(=O)Nc1ncn(Cc2cccnc2)n1. The highest BCUT2D eigenvalue weighted by Gasteiger charge is 2.16. The Bertz CT molecular complexity index is 794. The molecule has 0 aliphatic rings. The van der Waals surface area contributed by atoms with Crippen molar-refractivity contribution in [1.82, 2.24) is 24.9 Å². The predicted octanol–water partition coefficient (Wildman–Crippen LogP) is 1.85. The van der Waals surface area contributed by atoms with Crippen molar-refractivity contribution in [3.8, 4) is 0 Å². The fraction of sp³-hybridized carbons (Fsp3) is 0.214. The average Bonchev–Trinajstić information content (AvgIpc) is 3.09. The summed E-state index contributed by atoms with van der Waals surface area (Å²) in [7, 11) is 0. The summed E-state index contributed by atoms with van der Waals surface area (Å²) in [5, 5.41) is 10.6. The maximum atomic E-state index is 12.0. The minimum atomic E-state index is -0.294. The molecule has 0 radical (unpaired) electrons. The van der Waals surface area contributed by atoms with Crippen LogP contribution >= 0.6 is 11.6 Å². The van der Waals surface area contributed by atoms with Crippen LogP contribution in [0.5, 0.6) is 0 Å². The number of pyridine rings is 1. The monoisotopic (exact) mass is 332 g/mol. The van der Waals surface area contributed by atoms with Gasteiger partial charge in [-0.3, -0.25) is 15.1 Å². The zero-order valence-corrected chi connectivity index (χ0v) is 13.0. The molecule has 0 aromatic carbocycles. The summed E-state index contributed by atoms with van der Waals surface area (Å²) in [6.07, 6.45) is 5.04. The number of nitrogens with one attached hydrogen (secondary N) is 1. The van der Waals surface area contributed by atoms with Gasteiger partial charge in [-0.15, -0.1) is 5.10 Å². The van der Waals surface area contributed by atoms with Gasteiger partial charge in [-0.25, -0.2) is 9.67 Å². The van der Waals surface area contributed by atoms with Gasteiger partial charge in [0.05, 0.1) is 18.7 Å². The van der Waals surface area contributed by atoms with E-state index in [0.29, 0.717) is 17.8 Å². The number of hydrogen-bond acceptors (Lipinski definition) is 6. The standard InChI is InChI=1S/C14H13ClN6O2/c1-9-11(13(15)23-20-9)5-12(22)18-14-17-8-21(19-14)7-10-3-2-4-16-6-10/h2-4,6,8H,5,7H2,1H3,(H,18,19,22). The Morgan fingerprint density at radius 3 is 3.04 bits per heavy atom. The number of anilines is 1. The zero-order valence-electron chi connectivity index (χ0n) is 12.2. The van der Waals surface area contributed by atoms with Gasteiger partial charge in [0.15, 0.2) is 0 Å². The van der Waals surface area contributed by atoms with Crippen molar-refractivity contribution in [3.05, 3.63) is 52.9 Å². The summed E-state index contributed by atoms with van der Waals surface area (Å²) >= 11 is 5.84. The minimum absolute atomic E-state index is 0.0469. The normalized spacial score (nSPS) is 10.7. The second-order valence-electron chi connectivity index (χ2n) is 4.87. The molecule has 9 heteroatoms. The van der Waals surface area contributed by atoms with Gasteiger partial charge in [0.2, 0.25) is 17.1 Å². The highest BCUT2D eigenvalue weighted by molar-refractivity contribution is 6.29. The first-order valence-electron chi connectivity index (χ1n) is 6.80. The van der Waals surface area contributed by atoms with E-state index in [4.69, 9.17) is 16.1 Å². The number of aryl methyl sites for hydroxylation is 1. The van der Waals surface area contributed by atoms with Crippen molar-refractivity contribution in [2.75, 3.05) is 5.32 Å². The summed E-state index contributed by atoms with van der Waals surface area (Å²) in [6, 6.07) is 3.78. The second kappa shape index (κ2) is 6.57. The third-order valence-electron chi connectivity index (χ3n) is 3.13. The van der Waals surface area contributed by atoms with E-state index < -0.39 is 0 Å². The molecule has 0 aliphatic heterocycles. The first-order valence-corrected chi connectivity index (χ1v) is 7.18. The number of nitrogens with zero attached hydrogens (tertiary/aromatic N) is 5. The van der Waals surface area contributed by atoms with Crippen molar-refractivity contribution in [2.24, 2.45) is 0 Å². The number of rotatable bonds is 5. The van der Waals surface area contributed by atoms with Crippen molar-refractivity contribution >= 4 is 23.5 Å². The summed E-state index contributed by atoms with van der Waals surface area (Å²) in [5.41, 5.74) is 2.13. The van der Waals surface area contributed by atoms with Crippen LogP contribution in [0.1, 0.15) is 16.8 Å². The maximum Gasteiger partial charge on any atom is 0.248 e. The average molecular weight is 333 g/mol. The fourth-order valence-corrected chi connectivity index (χ4v) is 2.23. The smallest absolute Gasteiger partial charge is 0.248 e. The van der Waals surface area contributed by atoms with E-state index in [1.54, 1.807) is 30.3 Å². The van der Waals surface area contributed by atoms with E-state index in [1.807, 2.05) is 12.1 Å². The molecule has 0 atom stereocenters. The summed E-state index contributed by atoms with van der Waals surface area (Å²) < 4.78 is 6.43. The highest BCUT2D eigenvalue weighted by Crippen LogP contribution is 2.19. The van der Waals surface area contributed by atoms with Gasteiger partial charge in [0.1, 0.15) is 6.33 Å². The van der Waals surface area contributed by atoms with E-state index in [2.05, 4.69) is 25.5 Å². The number of aromatic nitrogens is 5. The summed E-state index contributed by atoms with van der Waals surface area (Å²) in [6.45, 7) is 2.24. The molecule has 0 aliphatic carbocycles. The number of carbonyl (C=O) groups excluding carboxylic acids is 1. The Labute approximate surface area is 136 Å². The third-order valence-corrected chi connectivity index (χ3v) is 3.43. The lowest BCUT2D eigenvalue weighted by molar-refractivity contribution is -0.115. The van der Waals surface area contributed by atoms with Crippen LogP contribution in [0, 0.1) is 6.92 Å². The van der Waals surface area contributed by atoms with Crippen LogP contribution in [0.3, 0.4) is 0 Å². The molecule has 0 saturated heterocycles.